The number of nitrogens with two attached hydrogens (primary N) is 1. The number of amides is 1. The number of sulfone groups is 1. The van der Waals surface area contributed by atoms with Gasteiger partial charge in [0, 0.05) is 13.3 Å². The van der Waals surface area contributed by atoms with Crippen molar-refractivity contribution in [2.24, 2.45) is 12.8 Å². The predicted molar refractivity (Wildman–Crippen MR) is 72.0 cm³/mol. The number of hydrogen-bond donors (Lipinski definition) is 2. The number of nitrogens with zero attached hydrogens (tertiary/aromatic N) is 2. The molecular formula is C9H14N4O3S2. The maximum Gasteiger partial charge on any atom is 0.243 e. The molecule has 1 unspecified atom stereocenters. The molecule has 1 amide bonds. The lowest BCUT2D eigenvalue weighted by Crippen LogP contribution is -2.33. The maximum absolute atomic E-state index is 11.8. The van der Waals surface area contributed by atoms with Crippen LogP contribution in [0.4, 0.5) is 5.82 Å². The first-order valence-corrected chi connectivity index (χ1v) is 7.32. The highest BCUT2D eigenvalue weighted by Gasteiger charge is 2.25. The van der Waals surface area contributed by atoms with E-state index in [9.17, 15) is 13.2 Å². The van der Waals surface area contributed by atoms with Crippen molar-refractivity contribution < 1.29 is 13.2 Å². The molecule has 1 rings (SSSR count). The van der Waals surface area contributed by atoms with Crippen LogP contribution in [0.25, 0.3) is 0 Å². The fourth-order valence-electron chi connectivity index (χ4n) is 1.18. The first-order chi connectivity index (χ1) is 8.14. The summed E-state index contributed by atoms with van der Waals surface area (Å²) in [5.41, 5.74) is 5.86. The molecule has 0 aliphatic rings. The Morgan fingerprint density at radius 1 is 1.61 bits per heavy atom. The van der Waals surface area contributed by atoms with E-state index in [-0.39, 0.29) is 10.8 Å². The number of nitrogens with one attached hydrogen (secondary N) is 1. The highest BCUT2D eigenvalue weighted by molar-refractivity contribution is 7.92. The van der Waals surface area contributed by atoms with E-state index in [1.807, 2.05) is 0 Å². The van der Waals surface area contributed by atoms with Crippen LogP contribution in [-0.2, 0) is 21.7 Å². The average Bonchev–Trinajstić information content (AvgIpc) is 2.58. The van der Waals surface area contributed by atoms with E-state index in [1.165, 1.54) is 17.8 Å². The third-order valence-corrected chi connectivity index (χ3v) is 4.18. The van der Waals surface area contributed by atoms with E-state index in [4.69, 9.17) is 18.0 Å². The molecule has 3 N–H and O–H groups in total. The molecule has 1 heterocycles. The zero-order valence-electron chi connectivity index (χ0n) is 10.2. The standard InChI is InChI=1S/C9H14N4O3S2/c1-5(18(3,15)16)9(14)12-8-6(7(10)17)4-11-13(8)2/h4-5H,1-3H3,(H2,10,17)(H,12,14). The third kappa shape index (κ3) is 3.05. The van der Waals surface area contributed by atoms with Gasteiger partial charge in [-0.05, 0) is 6.92 Å². The number of thiocarbonyl (C=S) groups is 1. The quantitative estimate of drug-likeness (QED) is 0.719. The van der Waals surface area contributed by atoms with Crippen LogP contribution in [0.5, 0.6) is 0 Å². The molecule has 1 atom stereocenters. The van der Waals surface area contributed by atoms with Gasteiger partial charge in [-0.1, -0.05) is 12.2 Å². The molecule has 0 aliphatic carbocycles. The highest BCUT2D eigenvalue weighted by Crippen LogP contribution is 2.15. The summed E-state index contributed by atoms with van der Waals surface area (Å²) in [4.78, 5) is 11.8. The molecule has 0 aromatic carbocycles. The monoisotopic (exact) mass is 290 g/mol. The smallest absolute Gasteiger partial charge is 0.243 e. The molecule has 18 heavy (non-hydrogen) atoms. The summed E-state index contributed by atoms with van der Waals surface area (Å²) < 4.78 is 23.9. The van der Waals surface area contributed by atoms with Crippen LogP contribution in [0.2, 0.25) is 0 Å². The van der Waals surface area contributed by atoms with Gasteiger partial charge in [-0.25, -0.2) is 8.42 Å². The zero-order chi connectivity index (χ0) is 14.1. The molecule has 1 aromatic rings. The molecule has 7 nitrogen and oxygen atoms in total. The minimum absolute atomic E-state index is 0.0745. The maximum atomic E-state index is 11.8. The molecule has 0 saturated carbocycles. The molecule has 0 spiro atoms. The van der Waals surface area contributed by atoms with Gasteiger partial charge in [-0.3, -0.25) is 9.48 Å². The molecule has 0 saturated heterocycles. The van der Waals surface area contributed by atoms with Gasteiger partial charge in [-0.15, -0.1) is 0 Å². The van der Waals surface area contributed by atoms with Crippen LogP contribution in [-0.4, -0.2) is 40.6 Å². The van der Waals surface area contributed by atoms with E-state index in [1.54, 1.807) is 7.05 Å². The van der Waals surface area contributed by atoms with Crippen molar-refractivity contribution in [1.82, 2.24) is 9.78 Å². The summed E-state index contributed by atoms with van der Waals surface area (Å²) >= 11 is 4.81. The SMILES string of the molecule is CC(C(=O)Nc1c(C(N)=S)cnn1C)S(C)(=O)=O. The highest BCUT2D eigenvalue weighted by atomic mass is 32.2. The van der Waals surface area contributed by atoms with Crippen molar-refractivity contribution >= 4 is 38.8 Å². The minimum atomic E-state index is -3.46. The average molecular weight is 290 g/mol. The molecule has 9 heteroatoms. The lowest BCUT2D eigenvalue weighted by molar-refractivity contribution is -0.115. The van der Waals surface area contributed by atoms with E-state index in [2.05, 4.69) is 10.4 Å². The van der Waals surface area contributed by atoms with Crippen molar-refractivity contribution in [2.75, 3.05) is 11.6 Å². The van der Waals surface area contributed by atoms with Crippen molar-refractivity contribution in [1.29, 1.82) is 0 Å². The second kappa shape index (κ2) is 5.02. The topological polar surface area (TPSA) is 107 Å². The number of aryl methyl sites for hydroxylation is 1. The van der Waals surface area contributed by atoms with Gasteiger partial charge in [0.1, 0.15) is 16.1 Å². The number of carbonyl (C=O) groups is 1. The van der Waals surface area contributed by atoms with Crippen molar-refractivity contribution in [3.8, 4) is 0 Å². The Morgan fingerprint density at radius 2 is 2.17 bits per heavy atom. The summed E-state index contributed by atoms with van der Waals surface area (Å²) in [5.74, 6) is -0.374. The van der Waals surface area contributed by atoms with Crippen molar-refractivity contribution in [3.05, 3.63) is 11.8 Å². The second-order valence-corrected chi connectivity index (χ2v) is 6.66. The molecule has 0 radical (unpaired) electrons. The summed E-state index contributed by atoms with van der Waals surface area (Å²) in [5, 5.41) is 5.20. The van der Waals surface area contributed by atoms with Crippen LogP contribution in [0, 0.1) is 0 Å². The Bertz CT molecular complexity index is 591. The summed E-state index contributed by atoms with van der Waals surface area (Å²) in [6.07, 6.45) is 2.40. The summed E-state index contributed by atoms with van der Waals surface area (Å²) in [7, 11) is -1.87. The van der Waals surface area contributed by atoms with Crippen molar-refractivity contribution in [3.63, 3.8) is 0 Å². The number of aromatic nitrogens is 2. The Labute approximate surface area is 110 Å². The molecule has 100 valence electrons. The number of hydrogen-bond acceptors (Lipinski definition) is 5. The van der Waals surface area contributed by atoms with E-state index in [0.717, 1.165) is 6.26 Å². The van der Waals surface area contributed by atoms with E-state index in [0.29, 0.717) is 5.56 Å². The van der Waals surface area contributed by atoms with Gasteiger partial charge in [0.15, 0.2) is 9.84 Å². The van der Waals surface area contributed by atoms with Gasteiger partial charge >= 0.3 is 0 Å². The number of rotatable bonds is 4. The number of carbonyl (C=O) groups excluding carboxylic acids is 1. The molecule has 1 aromatic heterocycles. The number of anilines is 1. The Hall–Kier alpha value is -1.48. The van der Waals surface area contributed by atoms with Crippen molar-refractivity contribution in [2.45, 2.75) is 12.2 Å². The fraction of sp³-hybridized carbons (Fsp3) is 0.444. The normalized spacial score (nSPS) is 13.1. The van der Waals surface area contributed by atoms with Crippen LogP contribution >= 0.6 is 12.2 Å². The van der Waals surface area contributed by atoms with Gasteiger partial charge < -0.3 is 11.1 Å². The van der Waals surface area contributed by atoms with E-state index < -0.39 is 21.0 Å². The summed E-state index contributed by atoms with van der Waals surface area (Å²) in [6.45, 7) is 1.31. The molecular weight excluding hydrogens is 276 g/mol. The first kappa shape index (κ1) is 14.6. The Kier molecular flexibility index (Phi) is 4.07. The fourth-order valence-corrected chi connectivity index (χ4v) is 1.78. The lowest BCUT2D eigenvalue weighted by Gasteiger charge is -2.11. The predicted octanol–water partition coefficient (Wildman–Crippen LogP) is -0.574. The van der Waals surface area contributed by atoms with Gasteiger partial charge in [0.05, 0.1) is 11.8 Å². The lowest BCUT2D eigenvalue weighted by atomic mass is 10.3. The largest absolute Gasteiger partial charge is 0.389 e. The Morgan fingerprint density at radius 3 is 2.61 bits per heavy atom. The van der Waals surface area contributed by atoms with Crippen LogP contribution in [0.3, 0.4) is 0 Å². The van der Waals surface area contributed by atoms with E-state index >= 15 is 0 Å². The molecule has 0 aliphatic heterocycles. The minimum Gasteiger partial charge on any atom is -0.389 e. The van der Waals surface area contributed by atoms with Crippen LogP contribution in [0.1, 0.15) is 12.5 Å². The van der Waals surface area contributed by atoms with Gasteiger partial charge in [0.2, 0.25) is 5.91 Å². The van der Waals surface area contributed by atoms with Crippen LogP contribution < -0.4 is 11.1 Å². The third-order valence-electron chi connectivity index (χ3n) is 2.46. The first-order valence-electron chi connectivity index (χ1n) is 4.96. The zero-order valence-corrected chi connectivity index (χ0v) is 11.8. The van der Waals surface area contributed by atoms with Crippen LogP contribution in [0.15, 0.2) is 6.20 Å². The molecule has 0 bridgehead atoms. The van der Waals surface area contributed by atoms with Gasteiger partial charge in [-0.2, -0.15) is 5.10 Å². The van der Waals surface area contributed by atoms with Gasteiger partial charge in [0.25, 0.3) is 0 Å². The molecule has 0 fully saturated rings. The summed E-state index contributed by atoms with van der Waals surface area (Å²) in [6, 6.07) is 0. The Balaban J connectivity index is 3.02. The second-order valence-electron chi connectivity index (χ2n) is 3.86.